The van der Waals surface area contributed by atoms with Gasteiger partial charge in [-0.15, -0.1) is 0 Å². The minimum atomic E-state index is -2.97. The van der Waals surface area contributed by atoms with Crippen molar-refractivity contribution in [1.29, 1.82) is 0 Å². The predicted molar refractivity (Wildman–Crippen MR) is 126 cm³/mol. The molecule has 1 N–H and O–H groups in total. The molecule has 0 unspecified atom stereocenters. The Balaban J connectivity index is 1.68. The van der Waals surface area contributed by atoms with Crippen molar-refractivity contribution in [2.45, 2.75) is 13.2 Å². The first-order chi connectivity index (χ1) is 17.0. The van der Waals surface area contributed by atoms with E-state index in [4.69, 9.17) is 9.47 Å². The number of benzene rings is 3. The summed E-state index contributed by atoms with van der Waals surface area (Å²) in [6.07, 6.45) is 1.75. The summed E-state index contributed by atoms with van der Waals surface area (Å²) in [6, 6.07) is 20.9. The Kier molecular flexibility index (Phi) is 7.25. The zero-order chi connectivity index (χ0) is 24.8. The van der Waals surface area contributed by atoms with Crippen LogP contribution in [0.3, 0.4) is 0 Å². The summed E-state index contributed by atoms with van der Waals surface area (Å²) < 4.78 is 42.4. The number of aromatic nitrogens is 2. The smallest absolute Gasteiger partial charge is 0.387 e. The highest BCUT2D eigenvalue weighted by Gasteiger charge is 2.21. The van der Waals surface area contributed by atoms with Gasteiger partial charge >= 0.3 is 6.61 Å². The number of para-hydroxylation sites is 2. The van der Waals surface area contributed by atoms with Gasteiger partial charge in [-0.2, -0.15) is 13.9 Å². The molecule has 1 amide bonds. The number of hydrogen-bond donors (Lipinski definition) is 1. The minimum Gasteiger partial charge on any atom is -0.493 e. The Bertz CT molecular complexity index is 1310. The number of nitrogens with zero attached hydrogens (tertiary/aromatic N) is 2. The molecule has 4 aromatic rings. The Morgan fingerprint density at radius 1 is 0.943 bits per heavy atom. The average molecular weight is 479 g/mol. The third-order valence-electron chi connectivity index (χ3n) is 5.27. The second-order valence-corrected chi connectivity index (χ2v) is 7.41. The average Bonchev–Trinajstić information content (AvgIpc) is 3.33. The maximum Gasteiger partial charge on any atom is 0.387 e. The Morgan fingerprint density at radius 2 is 1.66 bits per heavy atom. The number of hydrogen-bond acceptors (Lipinski definition) is 5. The zero-order valence-corrected chi connectivity index (χ0v) is 19.1. The van der Waals surface area contributed by atoms with Crippen LogP contribution in [0.25, 0.3) is 16.8 Å². The summed E-state index contributed by atoms with van der Waals surface area (Å²) in [5, 5.41) is 7.28. The Labute approximate surface area is 200 Å². The summed E-state index contributed by atoms with van der Waals surface area (Å²) in [4.78, 5) is 13.2. The van der Waals surface area contributed by atoms with Crippen molar-refractivity contribution in [3.63, 3.8) is 0 Å². The summed E-state index contributed by atoms with van der Waals surface area (Å²) in [5.74, 6) is 0.573. The highest BCUT2D eigenvalue weighted by molar-refractivity contribution is 5.99. The number of carbonyl (C=O) groups excluding carboxylic acids is 1. The molecule has 0 spiro atoms. The SMILES string of the molecule is COc1ccc(-c2cn(-c3ccccc3)nc2C(=O)NCc2ccccc2OC(F)F)cc1OC. The van der Waals surface area contributed by atoms with Crippen LogP contribution in [0, 0.1) is 0 Å². The molecular weight excluding hydrogens is 456 g/mol. The second kappa shape index (κ2) is 10.7. The van der Waals surface area contributed by atoms with E-state index >= 15 is 0 Å². The molecule has 0 saturated heterocycles. The van der Waals surface area contributed by atoms with Crippen LogP contribution >= 0.6 is 0 Å². The van der Waals surface area contributed by atoms with Crippen LogP contribution in [0.2, 0.25) is 0 Å². The Hall–Kier alpha value is -4.40. The Morgan fingerprint density at radius 3 is 2.37 bits per heavy atom. The predicted octanol–water partition coefficient (Wildman–Crippen LogP) is 5.09. The van der Waals surface area contributed by atoms with Crippen LogP contribution in [0.1, 0.15) is 16.1 Å². The summed E-state index contributed by atoms with van der Waals surface area (Å²) >= 11 is 0. The van der Waals surface area contributed by atoms with Crippen LogP contribution in [0.4, 0.5) is 8.78 Å². The standard InChI is InChI=1S/C26H23F2N3O4/c1-33-22-13-12-17(14-23(22)34-2)20-16-31(19-9-4-3-5-10-19)30-24(20)25(32)29-15-18-8-6-7-11-21(18)35-26(27)28/h3-14,16,26H,15H2,1-2H3,(H,29,32). The molecule has 0 atom stereocenters. The van der Waals surface area contributed by atoms with E-state index in [0.717, 1.165) is 5.69 Å². The van der Waals surface area contributed by atoms with Gasteiger partial charge in [-0.1, -0.05) is 42.5 Å². The lowest BCUT2D eigenvalue weighted by molar-refractivity contribution is -0.0504. The van der Waals surface area contributed by atoms with Gasteiger partial charge in [-0.25, -0.2) is 4.68 Å². The van der Waals surface area contributed by atoms with Gasteiger partial charge in [0.2, 0.25) is 0 Å². The van der Waals surface area contributed by atoms with Gasteiger partial charge in [-0.3, -0.25) is 4.79 Å². The number of halogens is 2. The molecule has 180 valence electrons. The van der Waals surface area contributed by atoms with E-state index in [1.165, 1.54) is 13.2 Å². The first-order valence-corrected chi connectivity index (χ1v) is 10.7. The van der Waals surface area contributed by atoms with Crippen molar-refractivity contribution in [3.8, 4) is 34.1 Å². The molecule has 1 heterocycles. The molecule has 0 radical (unpaired) electrons. The first kappa shape index (κ1) is 23.7. The quantitative estimate of drug-likeness (QED) is 0.362. The maximum absolute atomic E-state index is 13.2. The molecule has 4 rings (SSSR count). The summed E-state index contributed by atoms with van der Waals surface area (Å²) in [5.41, 5.74) is 2.59. The lowest BCUT2D eigenvalue weighted by Gasteiger charge is -2.12. The zero-order valence-electron chi connectivity index (χ0n) is 19.1. The lowest BCUT2D eigenvalue weighted by Crippen LogP contribution is -2.24. The van der Waals surface area contributed by atoms with E-state index < -0.39 is 12.5 Å². The molecule has 0 aliphatic heterocycles. The fraction of sp³-hybridized carbons (Fsp3) is 0.154. The molecule has 35 heavy (non-hydrogen) atoms. The van der Waals surface area contributed by atoms with Gasteiger partial charge in [0.05, 0.1) is 19.9 Å². The van der Waals surface area contributed by atoms with Crippen molar-refractivity contribution in [2.75, 3.05) is 14.2 Å². The first-order valence-electron chi connectivity index (χ1n) is 10.7. The molecule has 7 nitrogen and oxygen atoms in total. The number of ether oxygens (including phenoxy) is 3. The molecular formula is C26H23F2N3O4. The van der Waals surface area contributed by atoms with Crippen LogP contribution in [0.15, 0.2) is 79.0 Å². The van der Waals surface area contributed by atoms with Crippen LogP contribution in [-0.4, -0.2) is 36.5 Å². The fourth-order valence-electron chi connectivity index (χ4n) is 3.59. The van der Waals surface area contributed by atoms with E-state index in [9.17, 15) is 13.6 Å². The monoisotopic (exact) mass is 479 g/mol. The highest BCUT2D eigenvalue weighted by atomic mass is 19.3. The highest BCUT2D eigenvalue weighted by Crippen LogP contribution is 2.34. The molecule has 1 aromatic heterocycles. The van der Waals surface area contributed by atoms with Gasteiger partial charge in [0.25, 0.3) is 5.91 Å². The largest absolute Gasteiger partial charge is 0.493 e. The van der Waals surface area contributed by atoms with Gasteiger partial charge in [0.1, 0.15) is 5.75 Å². The molecule has 0 aliphatic rings. The fourth-order valence-corrected chi connectivity index (χ4v) is 3.59. The molecule has 9 heteroatoms. The number of nitrogens with one attached hydrogen (secondary N) is 1. The van der Waals surface area contributed by atoms with Crippen LogP contribution in [-0.2, 0) is 6.54 Å². The van der Waals surface area contributed by atoms with Gasteiger partial charge in [0, 0.05) is 23.9 Å². The third kappa shape index (κ3) is 5.40. The molecule has 0 fully saturated rings. The van der Waals surface area contributed by atoms with Crippen LogP contribution in [0.5, 0.6) is 17.2 Å². The van der Waals surface area contributed by atoms with E-state index in [-0.39, 0.29) is 18.0 Å². The van der Waals surface area contributed by atoms with E-state index in [2.05, 4.69) is 15.2 Å². The van der Waals surface area contributed by atoms with Crippen LogP contribution < -0.4 is 19.5 Å². The van der Waals surface area contributed by atoms with Crippen molar-refractivity contribution in [2.24, 2.45) is 0 Å². The van der Waals surface area contributed by atoms with E-state index in [1.54, 1.807) is 54.4 Å². The van der Waals surface area contributed by atoms with Crippen molar-refractivity contribution in [1.82, 2.24) is 15.1 Å². The van der Waals surface area contributed by atoms with Crippen molar-refractivity contribution < 1.29 is 27.8 Å². The number of rotatable bonds is 9. The van der Waals surface area contributed by atoms with E-state index in [1.807, 2.05) is 30.3 Å². The maximum atomic E-state index is 13.2. The number of methoxy groups -OCH3 is 2. The summed E-state index contributed by atoms with van der Waals surface area (Å²) in [6.45, 7) is -2.99. The minimum absolute atomic E-state index is 0.00210. The number of carbonyl (C=O) groups is 1. The van der Waals surface area contributed by atoms with Gasteiger partial charge in [-0.05, 0) is 35.9 Å². The molecule has 0 aliphatic carbocycles. The molecule has 3 aromatic carbocycles. The number of amides is 1. The van der Waals surface area contributed by atoms with Gasteiger partial charge in [0.15, 0.2) is 17.2 Å². The van der Waals surface area contributed by atoms with Gasteiger partial charge < -0.3 is 19.5 Å². The molecule has 0 bridgehead atoms. The second-order valence-electron chi connectivity index (χ2n) is 7.41. The third-order valence-corrected chi connectivity index (χ3v) is 5.27. The number of alkyl halides is 2. The molecule has 0 saturated carbocycles. The lowest BCUT2D eigenvalue weighted by atomic mass is 10.1. The topological polar surface area (TPSA) is 74.6 Å². The van der Waals surface area contributed by atoms with E-state index in [0.29, 0.717) is 28.2 Å². The normalized spacial score (nSPS) is 10.8. The summed E-state index contributed by atoms with van der Waals surface area (Å²) in [7, 11) is 3.07. The van der Waals surface area contributed by atoms with Crippen molar-refractivity contribution >= 4 is 5.91 Å². The van der Waals surface area contributed by atoms with Crippen molar-refractivity contribution in [3.05, 3.63) is 90.3 Å².